The number of thioether (sulfide) groups is 1. The molecule has 23 heavy (non-hydrogen) atoms. The maximum Gasteiger partial charge on any atom is 0.322 e. The van der Waals surface area contributed by atoms with Gasteiger partial charge in [-0.1, -0.05) is 17.8 Å². The summed E-state index contributed by atoms with van der Waals surface area (Å²) in [5, 5.41) is 2.84. The van der Waals surface area contributed by atoms with Crippen LogP contribution in [0.1, 0.15) is 19.3 Å². The van der Waals surface area contributed by atoms with Crippen LogP contribution in [0.25, 0.3) is 0 Å². The van der Waals surface area contributed by atoms with E-state index in [1.807, 2.05) is 19.0 Å². The topological polar surface area (TPSA) is 35.6 Å². The van der Waals surface area contributed by atoms with Gasteiger partial charge in [0.1, 0.15) is 0 Å². The molecule has 4 nitrogen and oxygen atoms in total. The maximum atomic E-state index is 12.5. The van der Waals surface area contributed by atoms with Crippen LogP contribution in [-0.4, -0.2) is 54.8 Å². The fourth-order valence-corrected chi connectivity index (χ4v) is 3.38. The molecule has 1 aliphatic heterocycles. The van der Waals surface area contributed by atoms with Crippen molar-refractivity contribution in [1.82, 2.24) is 9.80 Å². The Bertz CT molecular complexity index is 528. The molecule has 128 valence electrons. The quantitative estimate of drug-likeness (QED) is 0.822. The second-order valence-corrected chi connectivity index (χ2v) is 7.01. The molecule has 1 N–H and O–H groups in total. The summed E-state index contributed by atoms with van der Waals surface area (Å²) in [5.74, 6) is -2.47. The minimum absolute atomic E-state index is 0.157. The lowest BCUT2D eigenvalue weighted by atomic mass is 10.0. The number of piperidine rings is 1. The zero-order chi connectivity index (χ0) is 16.8. The van der Waals surface area contributed by atoms with E-state index in [0.717, 1.165) is 32.4 Å². The van der Waals surface area contributed by atoms with Gasteiger partial charge in [-0.25, -0.2) is 4.79 Å². The molecule has 0 aromatic heterocycles. The van der Waals surface area contributed by atoms with Gasteiger partial charge in [0.05, 0.1) is 0 Å². The van der Waals surface area contributed by atoms with Crippen molar-refractivity contribution >= 4 is 23.5 Å². The molecule has 0 unspecified atom stereocenters. The monoisotopic (exact) mass is 343 g/mol. The summed E-state index contributed by atoms with van der Waals surface area (Å²) in [4.78, 5) is 16.9. The first kappa shape index (κ1) is 18.0. The number of urea groups is 1. The van der Waals surface area contributed by atoms with Crippen molar-refractivity contribution in [3.63, 3.8) is 0 Å². The van der Waals surface area contributed by atoms with Crippen LogP contribution in [0.5, 0.6) is 0 Å². The molecule has 1 aromatic rings. The predicted octanol–water partition coefficient (Wildman–Crippen LogP) is 3.95. The lowest BCUT2D eigenvalue weighted by Crippen LogP contribution is -2.49. The SMILES string of the molecule is CN(C)C[C@H]1CCCCN1C(=O)Nc1cccc(SC(F)F)c1. The van der Waals surface area contributed by atoms with Gasteiger partial charge in [0, 0.05) is 29.7 Å². The number of hydrogen-bond donors (Lipinski definition) is 1. The largest absolute Gasteiger partial charge is 0.322 e. The number of benzene rings is 1. The van der Waals surface area contributed by atoms with Gasteiger partial charge in [0.25, 0.3) is 5.76 Å². The van der Waals surface area contributed by atoms with Gasteiger partial charge in [0.2, 0.25) is 0 Å². The maximum absolute atomic E-state index is 12.5. The number of anilines is 1. The van der Waals surface area contributed by atoms with E-state index >= 15 is 0 Å². The fraction of sp³-hybridized carbons (Fsp3) is 0.562. The molecule has 0 saturated carbocycles. The van der Waals surface area contributed by atoms with E-state index in [0.29, 0.717) is 22.3 Å². The number of alkyl halides is 2. The highest BCUT2D eigenvalue weighted by atomic mass is 32.2. The minimum Gasteiger partial charge on any atom is -0.320 e. The second kappa shape index (κ2) is 8.49. The number of halogens is 2. The highest BCUT2D eigenvalue weighted by molar-refractivity contribution is 7.99. The van der Waals surface area contributed by atoms with Crippen LogP contribution in [0.3, 0.4) is 0 Å². The summed E-state index contributed by atoms with van der Waals surface area (Å²) in [6.07, 6.45) is 3.12. The number of nitrogens with one attached hydrogen (secondary N) is 1. The van der Waals surface area contributed by atoms with Crippen molar-refractivity contribution in [2.75, 3.05) is 32.5 Å². The number of hydrogen-bond acceptors (Lipinski definition) is 3. The molecule has 7 heteroatoms. The smallest absolute Gasteiger partial charge is 0.320 e. The van der Waals surface area contributed by atoms with Gasteiger partial charge >= 0.3 is 6.03 Å². The average Bonchev–Trinajstić information content (AvgIpc) is 2.46. The molecule has 1 aliphatic rings. The van der Waals surface area contributed by atoms with Crippen LogP contribution in [0.15, 0.2) is 29.2 Å². The van der Waals surface area contributed by atoms with Gasteiger partial charge in [0.15, 0.2) is 0 Å². The molecule has 2 amide bonds. The molecule has 1 fully saturated rings. The third kappa shape index (κ3) is 5.66. The molecule has 1 heterocycles. The molecule has 1 saturated heterocycles. The van der Waals surface area contributed by atoms with Crippen molar-refractivity contribution in [3.8, 4) is 0 Å². The van der Waals surface area contributed by atoms with E-state index < -0.39 is 5.76 Å². The first-order chi connectivity index (χ1) is 11.0. The molecular weight excluding hydrogens is 320 g/mol. The fourth-order valence-electron chi connectivity index (χ4n) is 2.82. The number of nitrogens with zero attached hydrogens (tertiary/aromatic N) is 2. The Balaban J connectivity index is 2.02. The summed E-state index contributed by atoms with van der Waals surface area (Å²) in [5.41, 5.74) is 0.551. The lowest BCUT2D eigenvalue weighted by molar-refractivity contribution is 0.144. The van der Waals surface area contributed by atoms with E-state index in [-0.39, 0.29) is 12.1 Å². The molecule has 0 aliphatic carbocycles. The highest BCUT2D eigenvalue weighted by Gasteiger charge is 2.27. The van der Waals surface area contributed by atoms with Crippen LogP contribution in [0.4, 0.5) is 19.3 Å². The highest BCUT2D eigenvalue weighted by Crippen LogP contribution is 2.27. The number of carbonyl (C=O) groups excluding carboxylic acids is 1. The van der Waals surface area contributed by atoms with Crippen LogP contribution < -0.4 is 5.32 Å². The van der Waals surface area contributed by atoms with Crippen LogP contribution in [-0.2, 0) is 0 Å². The summed E-state index contributed by atoms with van der Waals surface area (Å²) in [6, 6.07) is 6.63. The summed E-state index contributed by atoms with van der Waals surface area (Å²) >= 11 is 0.479. The normalized spacial score (nSPS) is 18.5. The molecular formula is C16H23F2N3OS. The summed E-state index contributed by atoms with van der Waals surface area (Å²) in [6.45, 7) is 1.56. The van der Waals surface area contributed by atoms with Crippen LogP contribution in [0.2, 0.25) is 0 Å². The Morgan fingerprint density at radius 1 is 1.43 bits per heavy atom. The zero-order valence-electron chi connectivity index (χ0n) is 13.5. The summed E-state index contributed by atoms with van der Waals surface area (Å²) < 4.78 is 24.9. The van der Waals surface area contributed by atoms with Crippen molar-refractivity contribution in [1.29, 1.82) is 0 Å². The first-order valence-electron chi connectivity index (χ1n) is 7.73. The molecule has 0 radical (unpaired) electrons. The molecule has 1 aromatic carbocycles. The summed E-state index contributed by atoms with van der Waals surface area (Å²) in [7, 11) is 3.99. The van der Waals surface area contributed by atoms with Gasteiger partial charge in [-0.05, 0) is 51.6 Å². The Kier molecular flexibility index (Phi) is 6.65. The van der Waals surface area contributed by atoms with Gasteiger partial charge < -0.3 is 15.1 Å². The van der Waals surface area contributed by atoms with Gasteiger partial charge in [-0.2, -0.15) is 8.78 Å². The van der Waals surface area contributed by atoms with Crippen molar-refractivity contribution in [3.05, 3.63) is 24.3 Å². The number of rotatable bonds is 5. The molecule has 1 atom stereocenters. The van der Waals surface area contributed by atoms with E-state index in [9.17, 15) is 13.6 Å². The predicted molar refractivity (Wildman–Crippen MR) is 90.2 cm³/mol. The van der Waals surface area contributed by atoms with Crippen LogP contribution in [0, 0.1) is 0 Å². The average molecular weight is 343 g/mol. The van der Waals surface area contributed by atoms with E-state index in [1.165, 1.54) is 0 Å². The Morgan fingerprint density at radius 2 is 2.22 bits per heavy atom. The van der Waals surface area contributed by atoms with E-state index in [2.05, 4.69) is 10.2 Å². The van der Waals surface area contributed by atoms with Crippen molar-refractivity contribution in [2.45, 2.75) is 36.0 Å². The number of amides is 2. The number of likely N-dealkylation sites (N-methyl/N-ethyl adjacent to an activating group) is 1. The van der Waals surface area contributed by atoms with Crippen LogP contribution >= 0.6 is 11.8 Å². The Morgan fingerprint density at radius 3 is 2.91 bits per heavy atom. The Hall–Kier alpha value is -1.34. The van der Waals surface area contributed by atoms with Gasteiger partial charge in [-0.15, -0.1) is 0 Å². The number of likely N-dealkylation sites (tertiary alicyclic amines) is 1. The lowest BCUT2D eigenvalue weighted by Gasteiger charge is -2.37. The van der Waals surface area contributed by atoms with E-state index in [4.69, 9.17) is 0 Å². The van der Waals surface area contributed by atoms with E-state index in [1.54, 1.807) is 24.3 Å². The first-order valence-corrected chi connectivity index (χ1v) is 8.61. The van der Waals surface area contributed by atoms with Crippen molar-refractivity contribution < 1.29 is 13.6 Å². The van der Waals surface area contributed by atoms with Crippen molar-refractivity contribution in [2.24, 2.45) is 0 Å². The zero-order valence-corrected chi connectivity index (χ0v) is 14.3. The van der Waals surface area contributed by atoms with Gasteiger partial charge in [-0.3, -0.25) is 0 Å². The Labute approximate surface area is 140 Å². The number of carbonyl (C=O) groups is 1. The standard InChI is InChI=1S/C16H23F2N3OS/c1-20(2)11-13-7-3-4-9-21(13)16(22)19-12-6-5-8-14(10-12)23-15(17)18/h5-6,8,10,13,15H,3-4,7,9,11H2,1-2H3,(H,19,22)/t13-/m1/s1. The molecule has 0 spiro atoms. The molecule has 0 bridgehead atoms. The molecule has 2 rings (SSSR count). The third-order valence-corrected chi connectivity index (χ3v) is 4.48. The minimum atomic E-state index is -2.47. The second-order valence-electron chi connectivity index (χ2n) is 5.94. The third-order valence-electron chi connectivity index (χ3n) is 3.77.